The summed E-state index contributed by atoms with van der Waals surface area (Å²) >= 11 is 3.50. The van der Waals surface area contributed by atoms with Crippen molar-refractivity contribution in [2.24, 2.45) is 7.05 Å². The lowest BCUT2D eigenvalue weighted by Gasteiger charge is -2.20. The van der Waals surface area contributed by atoms with Crippen LogP contribution in [0.1, 0.15) is 44.2 Å². The number of nitrogens with zero attached hydrogens (tertiary/aromatic N) is 3. The first-order valence-corrected chi connectivity index (χ1v) is 6.81. The van der Waals surface area contributed by atoms with E-state index in [2.05, 4.69) is 38.5 Å². The first-order valence-electron chi connectivity index (χ1n) is 6.02. The van der Waals surface area contributed by atoms with E-state index < -0.39 is 0 Å². The quantitative estimate of drug-likeness (QED) is 0.923. The molecule has 4 nitrogen and oxygen atoms in total. The van der Waals surface area contributed by atoms with Gasteiger partial charge in [-0.05, 0) is 41.7 Å². The fraction of sp³-hybridized carbons (Fsp3) is 0.818. The number of nitrogens with one attached hydrogen (secondary N) is 1. The Labute approximate surface area is 105 Å². The Hall–Kier alpha value is -0.420. The summed E-state index contributed by atoms with van der Waals surface area (Å²) < 4.78 is 2.81. The van der Waals surface area contributed by atoms with Gasteiger partial charge in [-0.25, -0.2) is 0 Å². The van der Waals surface area contributed by atoms with Crippen molar-refractivity contribution >= 4 is 15.9 Å². The van der Waals surface area contributed by atoms with Crippen LogP contribution in [0.2, 0.25) is 0 Å². The lowest BCUT2D eigenvalue weighted by atomic mass is 10.00. The van der Waals surface area contributed by atoms with E-state index in [1.54, 1.807) is 0 Å². The van der Waals surface area contributed by atoms with Crippen LogP contribution >= 0.6 is 15.9 Å². The highest BCUT2D eigenvalue weighted by Gasteiger charge is 2.32. The van der Waals surface area contributed by atoms with E-state index in [9.17, 15) is 0 Å². The summed E-state index contributed by atoms with van der Waals surface area (Å²) in [7, 11) is 1.97. The minimum absolute atomic E-state index is 0.556. The second-order valence-electron chi connectivity index (χ2n) is 4.49. The van der Waals surface area contributed by atoms with Gasteiger partial charge in [-0.3, -0.25) is 4.68 Å². The van der Waals surface area contributed by atoms with Crippen molar-refractivity contribution in [3.05, 3.63) is 10.3 Å². The predicted molar refractivity (Wildman–Crippen MR) is 67.4 cm³/mol. The summed E-state index contributed by atoms with van der Waals surface area (Å²) in [4.78, 5) is 0. The Morgan fingerprint density at radius 3 is 2.94 bits per heavy atom. The third-order valence-electron chi connectivity index (χ3n) is 3.35. The average molecular weight is 287 g/mol. The third kappa shape index (κ3) is 2.30. The molecular weight excluding hydrogens is 268 g/mol. The highest BCUT2D eigenvalue weighted by atomic mass is 79.9. The molecule has 2 unspecified atom stereocenters. The van der Waals surface area contributed by atoms with Gasteiger partial charge in [-0.2, -0.15) is 0 Å². The number of hydrogen-bond acceptors (Lipinski definition) is 3. The zero-order chi connectivity index (χ0) is 11.5. The van der Waals surface area contributed by atoms with Crippen LogP contribution in [0.25, 0.3) is 0 Å². The van der Waals surface area contributed by atoms with Gasteiger partial charge >= 0.3 is 0 Å². The summed E-state index contributed by atoms with van der Waals surface area (Å²) in [5.41, 5.74) is 1.24. The van der Waals surface area contributed by atoms with E-state index >= 15 is 0 Å². The lowest BCUT2D eigenvalue weighted by Crippen LogP contribution is -2.32. The van der Waals surface area contributed by atoms with Crippen LogP contribution in [-0.4, -0.2) is 27.6 Å². The van der Waals surface area contributed by atoms with Gasteiger partial charge in [0, 0.05) is 19.0 Å². The maximum atomic E-state index is 4.08. The normalized spacial score (nSPS) is 25.2. The Balaban J connectivity index is 2.13. The molecule has 1 aromatic heterocycles. The van der Waals surface area contributed by atoms with Gasteiger partial charge in [0.2, 0.25) is 0 Å². The minimum Gasteiger partial charge on any atom is -0.313 e. The lowest BCUT2D eigenvalue weighted by molar-refractivity contribution is 0.458. The predicted octanol–water partition coefficient (Wildman–Crippen LogP) is 2.21. The van der Waals surface area contributed by atoms with Crippen molar-refractivity contribution in [2.45, 2.75) is 44.6 Å². The molecule has 2 atom stereocenters. The van der Waals surface area contributed by atoms with Crippen molar-refractivity contribution in [1.82, 2.24) is 20.3 Å². The molecule has 0 amide bonds. The molecule has 0 aliphatic heterocycles. The molecular formula is C11H19BrN4. The molecule has 1 heterocycles. The number of aryl methyl sites for hydroxylation is 1. The van der Waals surface area contributed by atoms with Gasteiger partial charge in [0.15, 0.2) is 4.60 Å². The fourth-order valence-corrected chi connectivity index (χ4v) is 3.22. The second-order valence-corrected chi connectivity index (χ2v) is 5.24. The fourth-order valence-electron chi connectivity index (χ4n) is 2.59. The summed E-state index contributed by atoms with van der Waals surface area (Å²) in [6.45, 7) is 3.31. The third-order valence-corrected chi connectivity index (χ3v) is 3.92. The van der Waals surface area contributed by atoms with Crippen LogP contribution in [0.4, 0.5) is 0 Å². The molecule has 1 aliphatic rings. The molecule has 0 bridgehead atoms. The van der Waals surface area contributed by atoms with E-state index in [4.69, 9.17) is 0 Å². The molecule has 1 aromatic rings. The van der Waals surface area contributed by atoms with Gasteiger partial charge < -0.3 is 5.32 Å². The van der Waals surface area contributed by atoms with E-state index in [-0.39, 0.29) is 0 Å². The molecule has 16 heavy (non-hydrogen) atoms. The molecule has 1 N–H and O–H groups in total. The minimum atomic E-state index is 0.556. The molecule has 1 aliphatic carbocycles. The highest BCUT2D eigenvalue weighted by molar-refractivity contribution is 9.10. The van der Waals surface area contributed by atoms with Gasteiger partial charge in [0.1, 0.15) is 0 Å². The summed E-state index contributed by atoms with van der Waals surface area (Å²) in [5.74, 6) is 0.556. The van der Waals surface area contributed by atoms with E-state index in [1.165, 1.54) is 31.4 Å². The molecule has 0 spiro atoms. The van der Waals surface area contributed by atoms with Gasteiger partial charge in [0.25, 0.3) is 0 Å². The molecule has 90 valence electrons. The summed E-state index contributed by atoms with van der Waals surface area (Å²) in [5, 5.41) is 11.8. The number of rotatable bonds is 4. The SMILES string of the molecule is CCCNC1CCCC1c1c(Br)nnn1C. The van der Waals surface area contributed by atoms with E-state index in [1.807, 2.05) is 11.7 Å². The summed E-state index contributed by atoms with van der Waals surface area (Å²) in [6, 6.07) is 0.591. The Bertz CT molecular complexity index is 330. The molecule has 2 rings (SSSR count). The smallest absolute Gasteiger partial charge is 0.151 e. The monoisotopic (exact) mass is 286 g/mol. The van der Waals surface area contributed by atoms with Gasteiger partial charge in [-0.15, -0.1) is 5.10 Å². The van der Waals surface area contributed by atoms with Crippen LogP contribution in [0.15, 0.2) is 4.60 Å². The average Bonchev–Trinajstić information content (AvgIpc) is 2.83. The van der Waals surface area contributed by atoms with Gasteiger partial charge in [-0.1, -0.05) is 18.6 Å². The van der Waals surface area contributed by atoms with E-state index in [0.717, 1.165) is 11.1 Å². The molecule has 0 radical (unpaired) electrons. The van der Waals surface area contributed by atoms with Crippen molar-refractivity contribution in [1.29, 1.82) is 0 Å². The maximum absolute atomic E-state index is 4.08. The van der Waals surface area contributed by atoms with Crippen LogP contribution < -0.4 is 5.32 Å². The van der Waals surface area contributed by atoms with Crippen molar-refractivity contribution < 1.29 is 0 Å². The van der Waals surface area contributed by atoms with Crippen LogP contribution in [0.5, 0.6) is 0 Å². The van der Waals surface area contributed by atoms with Crippen LogP contribution in [0.3, 0.4) is 0 Å². The van der Waals surface area contributed by atoms with Gasteiger partial charge in [0.05, 0.1) is 5.69 Å². The van der Waals surface area contributed by atoms with Crippen molar-refractivity contribution in [3.8, 4) is 0 Å². The Morgan fingerprint density at radius 2 is 2.31 bits per heavy atom. The van der Waals surface area contributed by atoms with Crippen LogP contribution in [0, 0.1) is 0 Å². The largest absolute Gasteiger partial charge is 0.313 e. The number of halogens is 1. The summed E-state index contributed by atoms with van der Waals surface area (Å²) in [6.07, 6.45) is 4.99. The Morgan fingerprint density at radius 1 is 1.50 bits per heavy atom. The molecule has 0 aromatic carbocycles. The van der Waals surface area contributed by atoms with Crippen molar-refractivity contribution in [2.75, 3.05) is 6.54 Å². The number of aromatic nitrogens is 3. The van der Waals surface area contributed by atoms with E-state index in [0.29, 0.717) is 12.0 Å². The standard InChI is InChI=1S/C11H19BrN4/c1-3-7-13-9-6-4-5-8(9)10-11(12)14-15-16(10)2/h8-9,13H,3-7H2,1-2H3. The molecule has 1 fully saturated rings. The number of hydrogen-bond donors (Lipinski definition) is 1. The maximum Gasteiger partial charge on any atom is 0.151 e. The zero-order valence-corrected chi connectivity index (χ0v) is 11.5. The highest BCUT2D eigenvalue weighted by Crippen LogP contribution is 2.36. The molecule has 1 saturated carbocycles. The zero-order valence-electron chi connectivity index (χ0n) is 9.91. The van der Waals surface area contributed by atoms with Crippen molar-refractivity contribution in [3.63, 3.8) is 0 Å². The molecule has 5 heteroatoms. The topological polar surface area (TPSA) is 42.7 Å². The Kier molecular flexibility index (Phi) is 3.97. The first kappa shape index (κ1) is 12.0. The second kappa shape index (κ2) is 5.27. The first-order chi connectivity index (χ1) is 7.74. The van der Waals surface area contributed by atoms with Crippen LogP contribution in [-0.2, 0) is 7.05 Å². The molecule has 0 saturated heterocycles.